The molecule has 1 N–H and O–H groups in total. The fourth-order valence-corrected chi connectivity index (χ4v) is 2.47. The van der Waals surface area contributed by atoms with Gasteiger partial charge in [-0.05, 0) is 30.7 Å². The lowest BCUT2D eigenvalue weighted by Gasteiger charge is -2.23. The van der Waals surface area contributed by atoms with Gasteiger partial charge in [-0.3, -0.25) is 0 Å². The van der Waals surface area contributed by atoms with Crippen LogP contribution in [0.2, 0.25) is 0 Å². The molecular formula is C16H19N3O. The number of pyridine rings is 1. The van der Waals surface area contributed by atoms with E-state index in [1.807, 2.05) is 31.3 Å². The average Bonchev–Trinajstić information content (AvgIpc) is 2.70. The van der Waals surface area contributed by atoms with Gasteiger partial charge in [0, 0.05) is 13.6 Å². The van der Waals surface area contributed by atoms with Crippen molar-refractivity contribution in [2.45, 2.75) is 13.0 Å². The molecule has 0 bridgehead atoms. The molecule has 0 atom stereocenters. The second-order valence-electron chi connectivity index (χ2n) is 4.86. The summed E-state index contributed by atoms with van der Waals surface area (Å²) in [5, 5.41) is 3.08. The highest BCUT2D eigenvalue weighted by atomic mass is 16.5. The first-order valence-corrected chi connectivity index (χ1v) is 6.97. The van der Waals surface area contributed by atoms with E-state index in [1.165, 1.54) is 0 Å². The zero-order valence-corrected chi connectivity index (χ0v) is 11.7. The van der Waals surface area contributed by atoms with E-state index in [9.17, 15) is 0 Å². The van der Waals surface area contributed by atoms with Crippen LogP contribution in [-0.4, -0.2) is 25.2 Å². The van der Waals surface area contributed by atoms with E-state index in [4.69, 9.17) is 4.74 Å². The molecule has 1 aromatic heterocycles. The van der Waals surface area contributed by atoms with Crippen LogP contribution in [0.5, 0.6) is 5.75 Å². The fraction of sp³-hybridized carbons (Fsp3) is 0.312. The topological polar surface area (TPSA) is 37.4 Å². The van der Waals surface area contributed by atoms with E-state index < -0.39 is 0 Å². The maximum Gasteiger partial charge on any atom is 0.142 e. The van der Waals surface area contributed by atoms with Gasteiger partial charge < -0.3 is 15.0 Å². The summed E-state index contributed by atoms with van der Waals surface area (Å²) in [6.45, 7) is 2.57. The molecule has 2 aromatic rings. The number of ether oxygens (including phenoxy) is 1. The van der Waals surface area contributed by atoms with Crippen molar-refractivity contribution in [1.82, 2.24) is 4.98 Å². The molecule has 0 radical (unpaired) electrons. The molecule has 0 fully saturated rings. The Morgan fingerprint density at radius 3 is 3.00 bits per heavy atom. The molecule has 0 unspecified atom stereocenters. The molecule has 0 spiro atoms. The normalized spacial score (nSPS) is 14.2. The third kappa shape index (κ3) is 2.69. The first-order valence-electron chi connectivity index (χ1n) is 6.97. The van der Waals surface area contributed by atoms with Crippen LogP contribution in [0.1, 0.15) is 12.1 Å². The smallest absolute Gasteiger partial charge is 0.142 e. The Morgan fingerprint density at radius 1 is 1.20 bits per heavy atom. The first-order chi connectivity index (χ1) is 9.86. The Kier molecular flexibility index (Phi) is 3.72. The third-order valence-corrected chi connectivity index (χ3v) is 3.45. The van der Waals surface area contributed by atoms with Crippen LogP contribution in [0.4, 0.5) is 11.5 Å². The highest BCUT2D eigenvalue weighted by Crippen LogP contribution is 2.31. The van der Waals surface area contributed by atoms with Crippen LogP contribution in [0.3, 0.4) is 0 Å². The van der Waals surface area contributed by atoms with Crippen LogP contribution in [0, 0.1) is 0 Å². The van der Waals surface area contributed by atoms with E-state index >= 15 is 0 Å². The quantitative estimate of drug-likeness (QED) is 0.929. The largest absolute Gasteiger partial charge is 0.491 e. The molecule has 20 heavy (non-hydrogen) atoms. The molecule has 2 heterocycles. The Labute approximate surface area is 119 Å². The molecule has 0 saturated heterocycles. The van der Waals surface area contributed by atoms with Gasteiger partial charge in [-0.1, -0.05) is 18.2 Å². The van der Waals surface area contributed by atoms with Crippen molar-refractivity contribution in [3.05, 3.63) is 48.2 Å². The van der Waals surface area contributed by atoms with Crippen LogP contribution in [0.15, 0.2) is 42.5 Å². The zero-order valence-electron chi connectivity index (χ0n) is 11.7. The predicted molar refractivity (Wildman–Crippen MR) is 81.4 cm³/mol. The number of para-hydroxylation sites is 2. The monoisotopic (exact) mass is 269 g/mol. The number of fused-ring (bicyclic) bond motifs is 1. The Hall–Kier alpha value is -2.23. The molecule has 1 aliphatic rings. The molecular weight excluding hydrogens is 250 g/mol. The standard InChI is InChI=1S/C16H19N3O/c1-17-16-9-4-6-13(18-16)12-19-10-5-11-20-15-8-3-2-7-14(15)19/h2-4,6-9H,5,10-12H2,1H3,(H,17,18). The van der Waals surface area contributed by atoms with Crippen LogP contribution in [-0.2, 0) is 6.54 Å². The lowest BCUT2D eigenvalue weighted by molar-refractivity contribution is 0.322. The minimum atomic E-state index is 0.775. The minimum Gasteiger partial charge on any atom is -0.491 e. The van der Waals surface area contributed by atoms with Gasteiger partial charge in [0.05, 0.1) is 24.5 Å². The Morgan fingerprint density at radius 2 is 2.10 bits per heavy atom. The van der Waals surface area contributed by atoms with Gasteiger partial charge in [-0.15, -0.1) is 0 Å². The van der Waals surface area contributed by atoms with E-state index in [-0.39, 0.29) is 0 Å². The van der Waals surface area contributed by atoms with Crippen molar-refractivity contribution in [2.24, 2.45) is 0 Å². The summed E-state index contributed by atoms with van der Waals surface area (Å²) in [6, 6.07) is 14.3. The maximum absolute atomic E-state index is 5.79. The lowest BCUT2D eigenvalue weighted by atomic mass is 10.2. The number of hydrogen-bond donors (Lipinski definition) is 1. The van der Waals surface area contributed by atoms with Crippen molar-refractivity contribution >= 4 is 11.5 Å². The number of nitrogens with zero attached hydrogens (tertiary/aromatic N) is 2. The maximum atomic E-state index is 5.79. The molecule has 4 nitrogen and oxygen atoms in total. The van der Waals surface area contributed by atoms with E-state index in [2.05, 4.69) is 33.4 Å². The summed E-state index contributed by atoms with van der Waals surface area (Å²) in [7, 11) is 1.89. The molecule has 1 aromatic carbocycles. The molecule has 0 amide bonds. The average molecular weight is 269 g/mol. The van der Waals surface area contributed by atoms with Crippen molar-refractivity contribution in [3.8, 4) is 5.75 Å². The molecule has 0 saturated carbocycles. The molecule has 0 aliphatic carbocycles. The van der Waals surface area contributed by atoms with Crippen LogP contribution < -0.4 is 15.0 Å². The number of rotatable bonds is 3. The van der Waals surface area contributed by atoms with Crippen molar-refractivity contribution < 1.29 is 4.74 Å². The number of nitrogens with one attached hydrogen (secondary N) is 1. The Balaban J connectivity index is 1.86. The SMILES string of the molecule is CNc1cccc(CN2CCCOc3ccccc32)n1. The van der Waals surface area contributed by atoms with E-state index in [0.29, 0.717) is 0 Å². The molecule has 3 rings (SSSR count). The predicted octanol–water partition coefficient (Wildman–Crippen LogP) is 2.91. The summed E-state index contributed by atoms with van der Waals surface area (Å²) < 4.78 is 5.79. The summed E-state index contributed by atoms with van der Waals surface area (Å²) in [4.78, 5) is 6.93. The van der Waals surface area contributed by atoms with Crippen molar-refractivity contribution in [1.29, 1.82) is 0 Å². The summed E-state index contributed by atoms with van der Waals surface area (Å²) in [5.41, 5.74) is 2.22. The summed E-state index contributed by atoms with van der Waals surface area (Å²) >= 11 is 0. The van der Waals surface area contributed by atoms with Gasteiger partial charge in [0.2, 0.25) is 0 Å². The summed E-state index contributed by atoms with van der Waals surface area (Å²) in [5.74, 6) is 1.87. The van der Waals surface area contributed by atoms with Crippen molar-refractivity contribution in [3.63, 3.8) is 0 Å². The second-order valence-corrected chi connectivity index (χ2v) is 4.86. The van der Waals surface area contributed by atoms with Crippen LogP contribution in [0.25, 0.3) is 0 Å². The number of benzene rings is 1. The van der Waals surface area contributed by atoms with Gasteiger partial charge in [0.1, 0.15) is 11.6 Å². The van der Waals surface area contributed by atoms with E-state index in [0.717, 1.165) is 49.1 Å². The van der Waals surface area contributed by atoms with E-state index in [1.54, 1.807) is 0 Å². The van der Waals surface area contributed by atoms with Gasteiger partial charge in [-0.2, -0.15) is 0 Å². The van der Waals surface area contributed by atoms with Crippen molar-refractivity contribution in [2.75, 3.05) is 30.4 Å². The fourth-order valence-electron chi connectivity index (χ4n) is 2.47. The molecule has 4 heteroatoms. The zero-order chi connectivity index (χ0) is 13.8. The van der Waals surface area contributed by atoms with Gasteiger partial charge in [0.25, 0.3) is 0 Å². The van der Waals surface area contributed by atoms with Crippen LogP contribution >= 0.6 is 0 Å². The highest BCUT2D eigenvalue weighted by Gasteiger charge is 2.16. The molecule has 104 valence electrons. The van der Waals surface area contributed by atoms with Gasteiger partial charge >= 0.3 is 0 Å². The lowest BCUT2D eigenvalue weighted by Crippen LogP contribution is -2.23. The number of anilines is 2. The minimum absolute atomic E-state index is 0.775. The van der Waals surface area contributed by atoms with Gasteiger partial charge in [-0.25, -0.2) is 4.98 Å². The first kappa shape index (κ1) is 12.8. The van der Waals surface area contributed by atoms with Gasteiger partial charge in [0.15, 0.2) is 0 Å². The molecule has 1 aliphatic heterocycles. The second kappa shape index (κ2) is 5.82. The Bertz CT molecular complexity index is 585. The number of aromatic nitrogens is 1. The highest BCUT2D eigenvalue weighted by molar-refractivity contribution is 5.59. The summed E-state index contributed by atoms with van der Waals surface area (Å²) in [6.07, 6.45) is 1.03. The third-order valence-electron chi connectivity index (χ3n) is 3.45. The number of hydrogen-bond acceptors (Lipinski definition) is 4.